The molecule has 1 N–H and O–H groups in total. The third-order valence-electron chi connectivity index (χ3n) is 2.72. The topological polar surface area (TPSA) is 41.6 Å². The van der Waals surface area contributed by atoms with Crippen molar-refractivity contribution >= 4 is 22.9 Å². The molecule has 3 nitrogen and oxygen atoms in total. The van der Waals surface area contributed by atoms with Crippen molar-refractivity contribution in [1.29, 1.82) is 0 Å². The van der Waals surface area contributed by atoms with Gasteiger partial charge in [-0.3, -0.25) is 10.1 Å². The van der Waals surface area contributed by atoms with Gasteiger partial charge in [-0.05, 0) is 36.8 Å². The number of nitrogens with zero attached hydrogens (tertiary/aromatic N) is 2. The van der Waals surface area contributed by atoms with E-state index in [4.69, 9.17) is 11.6 Å². The van der Waals surface area contributed by atoms with Crippen LogP contribution >= 0.6 is 22.9 Å². The second kappa shape index (κ2) is 4.55. The molecular formula is C13H10ClN3S. The molecule has 3 heterocycles. The Morgan fingerprint density at radius 1 is 1.17 bits per heavy atom. The summed E-state index contributed by atoms with van der Waals surface area (Å²) in [6.45, 7) is 2.02. The van der Waals surface area contributed by atoms with Crippen molar-refractivity contribution in [3.8, 4) is 21.7 Å². The molecule has 0 saturated heterocycles. The van der Waals surface area contributed by atoms with Crippen molar-refractivity contribution in [2.75, 3.05) is 0 Å². The van der Waals surface area contributed by atoms with Gasteiger partial charge >= 0.3 is 0 Å². The van der Waals surface area contributed by atoms with Crippen LogP contribution < -0.4 is 0 Å². The SMILES string of the molecule is Cc1[nH]nc(-c2ccc(Cl)s2)c1-c1ccncc1. The van der Waals surface area contributed by atoms with Crippen LogP contribution in [0.1, 0.15) is 5.69 Å². The number of hydrogen-bond acceptors (Lipinski definition) is 3. The summed E-state index contributed by atoms with van der Waals surface area (Å²) in [5.41, 5.74) is 4.20. The van der Waals surface area contributed by atoms with Crippen LogP contribution in [-0.2, 0) is 0 Å². The summed E-state index contributed by atoms with van der Waals surface area (Å²) >= 11 is 7.52. The average Bonchev–Trinajstić information content (AvgIpc) is 2.96. The van der Waals surface area contributed by atoms with E-state index in [1.165, 1.54) is 11.3 Å². The molecule has 0 aliphatic rings. The number of aromatic nitrogens is 3. The van der Waals surface area contributed by atoms with Crippen LogP contribution in [-0.4, -0.2) is 15.2 Å². The lowest BCUT2D eigenvalue weighted by Crippen LogP contribution is -1.82. The van der Waals surface area contributed by atoms with E-state index in [9.17, 15) is 0 Å². The van der Waals surface area contributed by atoms with Gasteiger partial charge in [0, 0.05) is 23.7 Å². The van der Waals surface area contributed by atoms with E-state index in [0.717, 1.165) is 31.7 Å². The third-order valence-corrected chi connectivity index (χ3v) is 3.96. The predicted molar refractivity (Wildman–Crippen MR) is 74.9 cm³/mol. The Morgan fingerprint density at radius 2 is 1.94 bits per heavy atom. The van der Waals surface area contributed by atoms with E-state index in [1.807, 2.05) is 31.2 Å². The number of thiophene rings is 1. The van der Waals surface area contributed by atoms with Crippen LogP contribution in [0.25, 0.3) is 21.7 Å². The number of nitrogens with one attached hydrogen (secondary N) is 1. The van der Waals surface area contributed by atoms with Gasteiger partial charge in [0.15, 0.2) is 0 Å². The quantitative estimate of drug-likeness (QED) is 0.763. The first-order valence-electron chi connectivity index (χ1n) is 5.47. The summed E-state index contributed by atoms with van der Waals surface area (Å²) in [5, 5.41) is 7.42. The molecule has 18 heavy (non-hydrogen) atoms. The molecule has 3 aromatic heterocycles. The lowest BCUT2D eigenvalue weighted by atomic mass is 10.0. The Kier molecular flexibility index (Phi) is 2.89. The zero-order valence-corrected chi connectivity index (χ0v) is 11.2. The molecule has 3 aromatic rings. The number of halogens is 1. The largest absolute Gasteiger partial charge is 0.282 e. The minimum Gasteiger partial charge on any atom is -0.282 e. The minimum absolute atomic E-state index is 0.770. The zero-order chi connectivity index (χ0) is 12.5. The van der Waals surface area contributed by atoms with Gasteiger partial charge < -0.3 is 0 Å². The molecule has 0 saturated carbocycles. The molecule has 0 aliphatic heterocycles. The normalized spacial score (nSPS) is 10.8. The molecule has 0 bridgehead atoms. The van der Waals surface area contributed by atoms with Gasteiger partial charge in [0.1, 0.15) is 5.69 Å². The maximum Gasteiger partial charge on any atom is 0.110 e. The van der Waals surface area contributed by atoms with Gasteiger partial charge in [0.2, 0.25) is 0 Å². The van der Waals surface area contributed by atoms with Gasteiger partial charge in [0.05, 0.1) is 9.21 Å². The fraction of sp³-hybridized carbons (Fsp3) is 0.0769. The van der Waals surface area contributed by atoms with Crippen LogP contribution in [0.15, 0.2) is 36.7 Å². The van der Waals surface area contributed by atoms with Crippen molar-refractivity contribution in [2.24, 2.45) is 0 Å². The van der Waals surface area contributed by atoms with Crippen LogP contribution in [0.3, 0.4) is 0 Å². The molecule has 3 rings (SSSR count). The number of pyridine rings is 1. The molecule has 0 aromatic carbocycles. The molecule has 0 aliphatic carbocycles. The maximum absolute atomic E-state index is 5.99. The summed E-state index contributed by atoms with van der Waals surface area (Å²) in [4.78, 5) is 5.11. The molecular weight excluding hydrogens is 266 g/mol. The Labute approximate surface area is 113 Å². The lowest BCUT2D eigenvalue weighted by molar-refractivity contribution is 1.05. The Hall–Kier alpha value is -1.65. The number of H-pyrrole nitrogens is 1. The first kappa shape index (κ1) is 11.4. The second-order valence-electron chi connectivity index (χ2n) is 3.91. The van der Waals surface area contributed by atoms with E-state index in [-0.39, 0.29) is 0 Å². The predicted octanol–water partition coefficient (Wildman–Crippen LogP) is 4.16. The fourth-order valence-electron chi connectivity index (χ4n) is 1.92. The molecule has 5 heteroatoms. The summed E-state index contributed by atoms with van der Waals surface area (Å²) in [6, 6.07) is 7.85. The highest BCUT2D eigenvalue weighted by molar-refractivity contribution is 7.19. The maximum atomic E-state index is 5.99. The van der Waals surface area contributed by atoms with Crippen molar-refractivity contribution in [1.82, 2.24) is 15.2 Å². The highest BCUT2D eigenvalue weighted by Gasteiger charge is 2.15. The Bertz CT molecular complexity index is 673. The van der Waals surface area contributed by atoms with E-state index in [2.05, 4.69) is 15.2 Å². The molecule has 0 amide bonds. The monoisotopic (exact) mass is 275 g/mol. The van der Waals surface area contributed by atoms with Gasteiger partial charge in [-0.25, -0.2) is 0 Å². The summed E-state index contributed by atoms with van der Waals surface area (Å²) < 4.78 is 0.770. The van der Waals surface area contributed by atoms with E-state index >= 15 is 0 Å². The molecule has 0 spiro atoms. The molecule has 90 valence electrons. The first-order chi connectivity index (χ1) is 8.75. The summed E-state index contributed by atoms with van der Waals surface area (Å²) in [6.07, 6.45) is 3.57. The van der Waals surface area contributed by atoms with Crippen LogP contribution in [0.4, 0.5) is 0 Å². The molecule has 0 unspecified atom stereocenters. The Morgan fingerprint density at radius 3 is 2.61 bits per heavy atom. The minimum atomic E-state index is 0.770. The Balaban J connectivity index is 2.18. The number of hydrogen-bond donors (Lipinski definition) is 1. The van der Waals surface area contributed by atoms with E-state index in [1.54, 1.807) is 12.4 Å². The van der Waals surface area contributed by atoms with Gasteiger partial charge in [-0.2, -0.15) is 5.10 Å². The number of aromatic amines is 1. The third kappa shape index (κ3) is 1.94. The fourth-order valence-corrected chi connectivity index (χ4v) is 2.96. The van der Waals surface area contributed by atoms with Gasteiger partial charge in [-0.15, -0.1) is 11.3 Å². The zero-order valence-electron chi connectivity index (χ0n) is 9.64. The number of aryl methyl sites for hydroxylation is 1. The van der Waals surface area contributed by atoms with Crippen LogP contribution in [0, 0.1) is 6.92 Å². The standard InChI is InChI=1S/C13H10ClN3S/c1-8-12(9-4-6-15-7-5-9)13(17-16-8)10-2-3-11(14)18-10/h2-7H,1H3,(H,16,17). The first-order valence-corrected chi connectivity index (χ1v) is 6.66. The number of rotatable bonds is 2. The van der Waals surface area contributed by atoms with Crippen LogP contribution in [0.5, 0.6) is 0 Å². The summed E-state index contributed by atoms with van der Waals surface area (Å²) in [5.74, 6) is 0. The summed E-state index contributed by atoms with van der Waals surface area (Å²) in [7, 11) is 0. The smallest absolute Gasteiger partial charge is 0.110 e. The molecule has 0 radical (unpaired) electrons. The van der Waals surface area contributed by atoms with Crippen molar-refractivity contribution in [3.63, 3.8) is 0 Å². The van der Waals surface area contributed by atoms with Gasteiger partial charge in [0.25, 0.3) is 0 Å². The molecule has 0 fully saturated rings. The lowest BCUT2D eigenvalue weighted by Gasteiger charge is -2.01. The van der Waals surface area contributed by atoms with Crippen molar-refractivity contribution in [2.45, 2.75) is 6.92 Å². The highest BCUT2D eigenvalue weighted by atomic mass is 35.5. The highest BCUT2D eigenvalue weighted by Crippen LogP contribution is 2.37. The second-order valence-corrected chi connectivity index (χ2v) is 5.63. The van der Waals surface area contributed by atoms with Crippen molar-refractivity contribution < 1.29 is 0 Å². The molecule has 0 atom stereocenters. The van der Waals surface area contributed by atoms with E-state index < -0.39 is 0 Å². The van der Waals surface area contributed by atoms with Gasteiger partial charge in [-0.1, -0.05) is 11.6 Å². The van der Waals surface area contributed by atoms with Crippen molar-refractivity contribution in [3.05, 3.63) is 46.7 Å². The van der Waals surface area contributed by atoms with Crippen LogP contribution in [0.2, 0.25) is 4.34 Å². The van der Waals surface area contributed by atoms with E-state index in [0.29, 0.717) is 0 Å². The average molecular weight is 276 g/mol.